The van der Waals surface area contributed by atoms with Crippen molar-refractivity contribution in [1.29, 1.82) is 0 Å². The third-order valence-corrected chi connectivity index (χ3v) is 1.82. The van der Waals surface area contributed by atoms with Crippen LogP contribution >= 0.6 is 12.2 Å². The third kappa shape index (κ3) is 1.05. The Bertz CT molecular complexity index is 262. The predicted molar refractivity (Wildman–Crippen MR) is 48.9 cm³/mol. The smallest absolute Gasteiger partial charge is 0.151 e. The molecule has 1 aromatic rings. The SMILES string of the molecule is S=CC1Nc2cccnc2N1. The molecule has 3 nitrogen and oxygen atoms in total. The molecule has 1 unspecified atom stereocenters. The van der Waals surface area contributed by atoms with E-state index in [0.29, 0.717) is 0 Å². The summed E-state index contributed by atoms with van der Waals surface area (Å²) >= 11 is 4.78. The van der Waals surface area contributed by atoms with Gasteiger partial charge in [-0.25, -0.2) is 4.98 Å². The van der Waals surface area contributed by atoms with Crippen LogP contribution < -0.4 is 10.6 Å². The minimum absolute atomic E-state index is 0.0508. The van der Waals surface area contributed by atoms with Crippen LogP contribution in [0.25, 0.3) is 0 Å². The van der Waals surface area contributed by atoms with E-state index in [1.807, 2.05) is 12.1 Å². The fraction of sp³-hybridized carbons (Fsp3) is 0.143. The maximum Gasteiger partial charge on any atom is 0.151 e. The van der Waals surface area contributed by atoms with Gasteiger partial charge in [0.05, 0.1) is 5.69 Å². The van der Waals surface area contributed by atoms with Gasteiger partial charge >= 0.3 is 0 Å². The van der Waals surface area contributed by atoms with Crippen molar-refractivity contribution >= 4 is 29.1 Å². The molecule has 11 heavy (non-hydrogen) atoms. The largest absolute Gasteiger partial charge is 0.358 e. The summed E-state index contributed by atoms with van der Waals surface area (Å²) in [7, 11) is 0. The molecule has 56 valence electrons. The van der Waals surface area contributed by atoms with Crippen molar-refractivity contribution < 1.29 is 0 Å². The molecule has 1 aliphatic heterocycles. The number of hydrogen-bond acceptors (Lipinski definition) is 4. The molecule has 0 spiro atoms. The molecule has 0 fully saturated rings. The lowest BCUT2D eigenvalue weighted by Gasteiger charge is -2.01. The van der Waals surface area contributed by atoms with E-state index in [1.54, 1.807) is 11.6 Å². The second-order valence-corrected chi connectivity index (χ2v) is 2.57. The van der Waals surface area contributed by atoms with Crippen molar-refractivity contribution in [2.24, 2.45) is 0 Å². The zero-order valence-corrected chi connectivity index (χ0v) is 6.56. The Labute approximate surface area is 69.8 Å². The minimum Gasteiger partial charge on any atom is -0.358 e. The van der Waals surface area contributed by atoms with Gasteiger partial charge in [0.25, 0.3) is 0 Å². The predicted octanol–water partition coefficient (Wildman–Crippen LogP) is 1.24. The van der Waals surface area contributed by atoms with E-state index in [4.69, 9.17) is 12.2 Å². The van der Waals surface area contributed by atoms with Crippen molar-refractivity contribution in [3.63, 3.8) is 0 Å². The minimum atomic E-state index is 0.0508. The summed E-state index contributed by atoms with van der Waals surface area (Å²) in [6, 6.07) is 3.85. The topological polar surface area (TPSA) is 37.0 Å². The van der Waals surface area contributed by atoms with E-state index < -0.39 is 0 Å². The van der Waals surface area contributed by atoms with Gasteiger partial charge in [0.2, 0.25) is 0 Å². The number of fused-ring (bicyclic) bond motifs is 1. The maximum absolute atomic E-state index is 4.78. The van der Waals surface area contributed by atoms with Gasteiger partial charge in [0.1, 0.15) is 6.17 Å². The van der Waals surface area contributed by atoms with Crippen LogP contribution in [-0.4, -0.2) is 16.5 Å². The lowest BCUT2D eigenvalue weighted by molar-refractivity contribution is 1.15. The van der Waals surface area contributed by atoms with Crippen molar-refractivity contribution in [3.8, 4) is 0 Å². The highest BCUT2D eigenvalue weighted by molar-refractivity contribution is 7.79. The summed E-state index contributed by atoms with van der Waals surface area (Å²) in [5.74, 6) is 0.874. The van der Waals surface area contributed by atoms with E-state index in [2.05, 4.69) is 15.6 Å². The first-order chi connectivity index (χ1) is 5.40. The number of rotatable bonds is 1. The first-order valence-corrected chi connectivity index (χ1v) is 3.80. The molecule has 1 atom stereocenters. The highest BCUT2D eigenvalue weighted by Crippen LogP contribution is 2.24. The molecule has 0 bridgehead atoms. The number of nitrogens with one attached hydrogen (secondary N) is 2. The van der Waals surface area contributed by atoms with Crippen LogP contribution in [0.1, 0.15) is 0 Å². The van der Waals surface area contributed by atoms with E-state index >= 15 is 0 Å². The van der Waals surface area contributed by atoms with Crippen LogP contribution in [0, 0.1) is 0 Å². The molecule has 0 saturated carbocycles. The maximum atomic E-state index is 4.78. The summed E-state index contributed by atoms with van der Waals surface area (Å²) in [5.41, 5.74) is 1.01. The molecule has 2 rings (SSSR count). The van der Waals surface area contributed by atoms with Crippen molar-refractivity contribution in [1.82, 2.24) is 4.98 Å². The quantitative estimate of drug-likeness (QED) is 0.614. The molecule has 2 heterocycles. The molecule has 4 heteroatoms. The molecule has 0 aliphatic carbocycles. The molecule has 2 N–H and O–H groups in total. The second-order valence-electron chi connectivity index (χ2n) is 2.30. The standard InChI is InChI=1S/C7H7N3S/c11-4-6-9-5-2-1-3-8-7(5)10-6/h1-4,6,9H,(H,8,10). The number of nitrogens with zero attached hydrogens (tertiary/aromatic N) is 1. The molecule has 1 aromatic heterocycles. The monoisotopic (exact) mass is 165 g/mol. The summed E-state index contributed by atoms with van der Waals surface area (Å²) in [4.78, 5) is 4.12. The zero-order valence-electron chi connectivity index (χ0n) is 5.74. The van der Waals surface area contributed by atoms with Crippen LogP contribution in [0.3, 0.4) is 0 Å². The van der Waals surface area contributed by atoms with Crippen LogP contribution in [-0.2, 0) is 0 Å². The molecule has 0 amide bonds. The molecular formula is C7H7N3S. The molecule has 0 aromatic carbocycles. The molecule has 1 aliphatic rings. The van der Waals surface area contributed by atoms with Crippen molar-refractivity contribution in [2.75, 3.05) is 10.6 Å². The lowest BCUT2D eigenvalue weighted by atomic mass is 10.4. The Hall–Kier alpha value is -1.16. The average molecular weight is 165 g/mol. The van der Waals surface area contributed by atoms with Gasteiger partial charge in [-0.3, -0.25) is 0 Å². The van der Waals surface area contributed by atoms with E-state index in [-0.39, 0.29) is 6.17 Å². The number of thiocarbonyl (C=S) groups is 1. The van der Waals surface area contributed by atoms with Gasteiger partial charge in [-0.05, 0) is 12.1 Å². The summed E-state index contributed by atoms with van der Waals surface area (Å²) in [6.07, 6.45) is 1.80. The molecule has 0 saturated heterocycles. The highest BCUT2D eigenvalue weighted by atomic mass is 32.1. The Morgan fingerprint density at radius 1 is 1.55 bits per heavy atom. The summed E-state index contributed by atoms with van der Waals surface area (Å²) < 4.78 is 0. The van der Waals surface area contributed by atoms with Gasteiger partial charge in [-0.15, -0.1) is 0 Å². The molecular weight excluding hydrogens is 158 g/mol. The normalized spacial score (nSPS) is 19.8. The van der Waals surface area contributed by atoms with Gasteiger partial charge in [-0.1, -0.05) is 12.2 Å². The van der Waals surface area contributed by atoms with Gasteiger partial charge in [-0.2, -0.15) is 0 Å². The van der Waals surface area contributed by atoms with E-state index in [0.717, 1.165) is 11.5 Å². The van der Waals surface area contributed by atoms with Crippen LogP contribution in [0.2, 0.25) is 0 Å². The van der Waals surface area contributed by atoms with Crippen molar-refractivity contribution in [2.45, 2.75) is 6.17 Å². The number of anilines is 2. The highest BCUT2D eigenvalue weighted by Gasteiger charge is 2.16. The van der Waals surface area contributed by atoms with Gasteiger partial charge < -0.3 is 10.6 Å². The fourth-order valence-corrected chi connectivity index (χ4v) is 1.19. The third-order valence-electron chi connectivity index (χ3n) is 1.55. The summed E-state index contributed by atoms with van der Waals surface area (Å²) in [6.45, 7) is 0. The number of aromatic nitrogens is 1. The first-order valence-electron chi connectivity index (χ1n) is 3.33. The first kappa shape index (κ1) is 6.54. The Morgan fingerprint density at radius 3 is 3.18 bits per heavy atom. The van der Waals surface area contributed by atoms with Crippen LogP contribution in [0.5, 0.6) is 0 Å². The van der Waals surface area contributed by atoms with Gasteiger partial charge in [0.15, 0.2) is 5.82 Å². The van der Waals surface area contributed by atoms with Gasteiger partial charge in [0, 0.05) is 11.6 Å². The van der Waals surface area contributed by atoms with Crippen LogP contribution in [0.4, 0.5) is 11.5 Å². The fourth-order valence-electron chi connectivity index (χ4n) is 1.06. The van der Waals surface area contributed by atoms with Crippen LogP contribution in [0.15, 0.2) is 18.3 Å². The zero-order chi connectivity index (χ0) is 7.68. The average Bonchev–Trinajstić information content (AvgIpc) is 2.46. The Morgan fingerprint density at radius 2 is 2.45 bits per heavy atom. The Balaban J connectivity index is 2.33. The van der Waals surface area contributed by atoms with E-state index in [9.17, 15) is 0 Å². The summed E-state index contributed by atoms with van der Waals surface area (Å²) in [5, 5.41) is 7.89. The number of pyridine rings is 1. The lowest BCUT2D eigenvalue weighted by Crippen LogP contribution is -2.22. The second kappa shape index (κ2) is 2.47. The van der Waals surface area contributed by atoms with Crippen molar-refractivity contribution in [3.05, 3.63) is 18.3 Å². The molecule has 0 radical (unpaired) electrons. The van der Waals surface area contributed by atoms with E-state index in [1.165, 1.54) is 0 Å². The number of hydrogen-bond donors (Lipinski definition) is 2. The Kier molecular flexibility index (Phi) is 1.47.